The van der Waals surface area contributed by atoms with Gasteiger partial charge in [0, 0.05) is 18.8 Å². The van der Waals surface area contributed by atoms with Gasteiger partial charge in [0.15, 0.2) is 16.6 Å². The van der Waals surface area contributed by atoms with Crippen LogP contribution in [0.4, 0.5) is 9.93 Å². The van der Waals surface area contributed by atoms with Crippen molar-refractivity contribution in [2.75, 3.05) is 12.3 Å². The molecule has 1 fully saturated rings. The molecule has 0 saturated carbocycles. The Morgan fingerprint density at radius 3 is 2.50 bits per heavy atom. The van der Waals surface area contributed by atoms with Crippen LogP contribution in [-0.4, -0.2) is 96.2 Å². The molecule has 0 spiro atoms. The number of carbonyl (C=O) groups excluding carboxylic acids is 3. The Labute approximate surface area is 239 Å². The molecule has 9 N–H and O–H groups in total. The fourth-order valence-corrected chi connectivity index (χ4v) is 4.82. The average Bonchev–Trinajstić information content (AvgIpc) is 3.30. The molecule has 228 valence electrons. The monoisotopic (exact) mass is 632 g/mol. The number of aromatic hydroxyl groups is 1. The first-order valence-corrected chi connectivity index (χ1v) is 13.6. The number of β-lactam (4-membered cyclic amide) rings is 1. The van der Waals surface area contributed by atoms with E-state index in [0.29, 0.717) is 10.9 Å². The van der Waals surface area contributed by atoms with Crippen LogP contribution >= 0.6 is 11.3 Å². The average molecular weight is 633 g/mol. The normalized spacial score (nSPS) is 17.3. The summed E-state index contributed by atoms with van der Waals surface area (Å²) in [4.78, 5) is 69.6. The molecule has 42 heavy (non-hydrogen) atoms. The summed E-state index contributed by atoms with van der Waals surface area (Å²) in [5, 5.41) is 38.5. The highest BCUT2D eigenvalue weighted by Gasteiger charge is 2.54. The molecular weight excluding hydrogens is 608 g/mol. The molecule has 4 amide bonds. The van der Waals surface area contributed by atoms with E-state index < -0.39 is 81.8 Å². The van der Waals surface area contributed by atoms with Crippen LogP contribution in [0, 0.1) is 0 Å². The van der Waals surface area contributed by atoms with Gasteiger partial charge in [0.2, 0.25) is 11.0 Å². The van der Waals surface area contributed by atoms with Gasteiger partial charge in [-0.25, -0.2) is 18.9 Å². The lowest BCUT2D eigenvalue weighted by molar-refractivity contribution is -0.161. The number of carbonyl (C=O) groups is 4. The number of nitrogen functional groups attached to an aromatic ring is 1. The second-order valence-corrected chi connectivity index (χ2v) is 11.3. The van der Waals surface area contributed by atoms with Crippen molar-refractivity contribution >= 4 is 56.3 Å². The summed E-state index contributed by atoms with van der Waals surface area (Å²) < 4.78 is 33.4. The summed E-state index contributed by atoms with van der Waals surface area (Å²) >= 11 is 0.761. The third kappa shape index (κ3) is 7.02. The van der Waals surface area contributed by atoms with Crippen LogP contribution in [-0.2, 0) is 36.1 Å². The number of amides is 4. The predicted octanol–water partition coefficient (Wildman–Crippen LogP) is -2.59. The highest BCUT2D eigenvalue weighted by molar-refractivity contribution is 7.84. The fourth-order valence-electron chi connectivity index (χ4n) is 3.28. The minimum absolute atomic E-state index is 0.00106. The number of hydrogen-bond donors (Lipinski definition) is 8. The van der Waals surface area contributed by atoms with Gasteiger partial charge in [-0.3, -0.25) is 18.9 Å². The van der Waals surface area contributed by atoms with Crippen LogP contribution in [0.5, 0.6) is 5.75 Å². The van der Waals surface area contributed by atoms with Crippen molar-refractivity contribution in [2.45, 2.75) is 38.1 Å². The number of anilines is 1. The number of nitrogens with one attached hydrogen (secondary N) is 3. The van der Waals surface area contributed by atoms with E-state index in [1.807, 2.05) is 0 Å². The smallest absolute Gasteiger partial charge is 0.362 e. The van der Waals surface area contributed by atoms with Crippen molar-refractivity contribution in [3.05, 3.63) is 39.3 Å². The van der Waals surface area contributed by atoms with Gasteiger partial charge in [-0.15, -0.1) is 0 Å². The molecule has 0 aromatic carbocycles. The SMILES string of the molecule is CC(C)(O/N=C(\C(=O)N[C@@H]1C(=O)N(S(=O)(=O)O)[C@@H]1CNC(=O)NCc1cc(=O)c(O)cn1O)c1cnc(N)s1)C(=O)O. The topological polar surface area (TPSA) is 305 Å². The predicted molar refractivity (Wildman–Crippen MR) is 140 cm³/mol. The molecule has 1 saturated heterocycles. The Morgan fingerprint density at radius 2 is 1.93 bits per heavy atom. The summed E-state index contributed by atoms with van der Waals surface area (Å²) in [7, 11) is -5.14. The molecule has 0 unspecified atom stereocenters. The number of urea groups is 1. The number of thiazole rings is 1. The largest absolute Gasteiger partial charge is 0.503 e. The number of aliphatic carboxylic acids is 1. The molecule has 3 rings (SSSR count). The van der Waals surface area contributed by atoms with Gasteiger partial charge in [-0.05, 0) is 13.8 Å². The lowest BCUT2D eigenvalue weighted by Crippen LogP contribution is -2.74. The van der Waals surface area contributed by atoms with Gasteiger partial charge in [0.25, 0.3) is 11.8 Å². The van der Waals surface area contributed by atoms with Crippen LogP contribution < -0.4 is 27.1 Å². The quantitative estimate of drug-likeness (QED) is 0.0415. The number of pyridine rings is 1. The molecule has 1 aliphatic rings. The Morgan fingerprint density at radius 1 is 1.26 bits per heavy atom. The van der Waals surface area contributed by atoms with E-state index in [2.05, 4.69) is 26.1 Å². The lowest BCUT2D eigenvalue weighted by atomic mass is 9.98. The second-order valence-electron chi connectivity index (χ2n) is 8.96. The van der Waals surface area contributed by atoms with E-state index in [4.69, 9.17) is 10.6 Å². The number of rotatable bonds is 11. The zero-order chi connectivity index (χ0) is 31.6. The maximum Gasteiger partial charge on any atom is 0.362 e. The van der Waals surface area contributed by atoms with Crippen molar-refractivity contribution in [3.8, 4) is 5.75 Å². The van der Waals surface area contributed by atoms with Crippen molar-refractivity contribution in [1.82, 2.24) is 30.0 Å². The van der Waals surface area contributed by atoms with Crippen molar-refractivity contribution < 1.29 is 52.4 Å². The Hall–Kier alpha value is -4.96. The molecular formula is C20H24N8O12S2. The summed E-state index contributed by atoms with van der Waals surface area (Å²) in [6.07, 6.45) is 1.81. The second kappa shape index (κ2) is 11.9. The van der Waals surface area contributed by atoms with Gasteiger partial charge < -0.3 is 41.9 Å². The maximum atomic E-state index is 13.1. The first-order chi connectivity index (χ1) is 19.4. The molecule has 22 heteroatoms. The first-order valence-electron chi connectivity index (χ1n) is 11.4. The third-order valence-corrected chi connectivity index (χ3v) is 7.33. The van der Waals surface area contributed by atoms with Crippen molar-refractivity contribution in [2.24, 2.45) is 5.16 Å². The van der Waals surface area contributed by atoms with Crippen molar-refractivity contribution in [1.29, 1.82) is 0 Å². The van der Waals surface area contributed by atoms with Crippen molar-refractivity contribution in [3.63, 3.8) is 0 Å². The molecule has 0 aliphatic carbocycles. The Bertz CT molecular complexity index is 1620. The number of carboxylic acids is 1. The number of oxime groups is 1. The number of nitrogens with zero attached hydrogens (tertiary/aromatic N) is 4. The zero-order valence-corrected chi connectivity index (χ0v) is 23.2. The number of hydrogen-bond acceptors (Lipinski definition) is 14. The van der Waals surface area contributed by atoms with Gasteiger partial charge >= 0.3 is 22.3 Å². The lowest BCUT2D eigenvalue weighted by Gasteiger charge is -2.44. The van der Waals surface area contributed by atoms with Crippen LogP contribution in [0.2, 0.25) is 0 Å². The minimum atomic E-state index is -5.14. The van der Waals surface area contributed by atoms with E-state index >= 15 is 0 Å². The van der Waals surface area contributed by atoms with E-state index in [9.17, 15) is 52.4 Å². The van der Waals surface area contributed by atoms with Gasteiger partial charge in [-0.1, -0.05) is 16.5 Å². The van der Waals surface area contributed by atoms with E-state index in [0.717, 1.165) is 37.4 Å². The summed E-state index contributed by atoms with van der Waals surface area (Å²) in [6, 6.07) is -3.33. The number of aromatic nitrogens is 2. The fraction of sp³-hybridized carbons (Fsp3) is 0.350. The number of nitrogens with two attached hydrogens (primary N) is 1. The van der Waals surface area contributed by atoms with E-state index in [-0.39, 0.29) is 20.0 Å². The molecule has 20 nitrogen and oxygen atoms in total. The van der Waals surface area contributed by atoms with Gasteiger partial charge in [-0.2, -0.15) is 13.1 Å². The third-order valence-electron chi connectivity index (χ3n) is 5.55. The Balaban J connectivity index is 1.76. The zero-order valence-electron chi connectivity index (χ0n) is 21.5. The van der Waals surface area contributed by atoms with Crippen LogP contribution in [0.15, 0.2) is 28.4 Å². The summed E-state index contributed by atoms with van der Waals surface area (Å²) in [6.45, 7) is 1.20. The molecule has 2 aromatic rings. The molecule has 2 aromatic heterocycles. The van der Waals surface area contributed by atoms with Crippen LogP contribution in [0.1, 0.15) is 24.4 Å². The summed E-state index contributed by atoms with van der Waals surface area (Å²) in [5.74, 6) is -4.59. The molecule has 0 radical (unpaired) electrons. The number of carboxylic acid groups (broad SMARTS) is 1. The maximum absolute atomic E-state index is 13.1. The minimum Gasteiger partial charge on any atom is -0.503 e. The van der Waals surface area contributed by atoms with Crippen LogP contribution in [0.3, 0.4) is 0 Å². The van der Waals surface area contributed by atoms with Gasteiger partial charge in [0.05, 0.1) is 29.4 Å². The molecule has 1 aliphatic heterocycles. The molecule has 0 bridgehead atoms. The van der Waals surface area contributed by atoms with Crippen LogP contribution in [0.25, 0.3) is 0 Å². The molecule has 3 heterocycles. The highest BCUT2D eigenvalue weighted by Crippen LogP contribution is 2.24. The standard InChI is InChI=1S/C20H24N8O12S2/c1-20(2,17(33)34)40-26-14(12-6-22-18(21)41-12)15(31)25-13-9(28(16(13)32)42(37,38)39)5-24-19(35)23-4-8-3-10(29)11(30)7-27(8)36/h3,6-7,9,13,30,36H,4-5H2,1-2H3,(H2,21,22)(H,25,31)(H,33,34)(H2,23,24,35)(H,37,38,39)/b26-14-/t9-,13+/m1/s1. The highest BCUT2D eigenvalue weighted by atomic mass is 32.2. The van der Waals surface area contributed by atoms with E-state index in [1.165, 1.54) is 0 Å². The van der Waals surface area contributed by atoms with E-state index in [1.54, 1.807) is 0 Å². The molecule has 2 atom stereocenters. The first kappa shape index (κ1) is 31.6. The van der Waals surface area contributed by atoms with Gasteiger partial charge in [0.1, 0.15) is 6.04 Å². The Kier molecular flexibility index (Phi) is 8.93. The summed E-state index contributed by atoms with van der Waals surface area (Å²) in [5.41, 5.74) is 2.16.